The number of carbonyl (C=O) groups is 4. The van der Waals surface area contributed by atoms with Crippen LogP contribution in [0.25, 0.3) is 0 Å². The highest BCUT2D eigenvalue weighted by Gasteiger charge is 3.10. The van der Waals surface area contributed by atoms with E-state index in [-0.39, 0.29) is 74.7 Å². The number of carbonyl (C=O) groups excluding carboxylic acids is 4. The smallest absolute Gasteiger partial charge is 0.407 e. The van der Waals surface area contributed by atoms with Gasteiger partial charge in [0.2, 0.25) is 0 Å². The molecule has 9 unspecified atom stereocenters. The first-order chi connectivity index (χ1) is 29.3. The first-order valence-electron chi connectivity index (χ1n) is 21.4. The Morgan fingerprint density at radius 2 is 1.20 bits per heavy atom. The monoisotopic (exact) mass is 844 g/mol. The van der Waals surface area contributed by atoms with Crippen LogP contribution in [0.1, 0.15) is 52.9 Å². The molecule has 0 saturated heterocycles. The van der Waals surface area contributed by atoms with E-state index in [1.807, 2.05) is 60.7 Å². The Morgan fingerprint density at radius 3 is 1.70 bits per heavy atom. The van der Waals surface area contributed by atoms with Crippen LogP contribution >= 0.6 is 0 Å². The summed E-state index contributed by atoms with van der Waals surface area (Å²) in [7, 11) is 0. The van der Waals surface area contributed by atoms with Gasteiger partial charge in [-0.25, -0.2) is 19.2 Å². The van der Waals surface area contributed by atoms with Crippen molar-refractivity contribution in [2.45, 2.75) is 65.1 Å². The second-order valence-electron chi connectivity index (χ2n) is 17.9. The van der Waals surface area contributed by atoms with Crippen LogP contribution in [0.2, 0.25) is 0 Å². The third-order valence-corrected chi connectivity index (χ3v) is 13.6. The summed E-state index contributed by atoms with van der Waals surface area (Å²) in [5.41, 5.74) is 1.53. The molecule has 2 amide bonds. The summed E-state index contributed by atoms with van der Waals surface area (Å²) in [6.07, 6.45) is 3.18. The van der Waals surface area contributed by atoms with E-state index in [0.29, 0.717) is 53.3 Å². The van der Waals surface area contributed by atoms with Crippen LogP contribution in [-0.4, -0.2) is 102 Å². The summed E-state index contributed by atoms with van der Waals surface area (Å²) in [6.45, 7) is 14.6. The summed E-state index contributed by atoms with van der Waals surface area (Å²) in [5.74, 6) is 2.33. The van der Waals surface area contributed by atoms with Crippen molar-refractivity contribution in [1.29, 1.82) is 0 Å². The minimum absolute atomic E-state index is 0.000939. The van der Waals surface area contributed by atoms with Crippen molar-refractivity contribution in [1.82, 2.24) is 10.6 Å². The highest BCUT2D eigenvalue weighted by atomic mass is 16.6. The zero-order valence-corrected chi connectivity index (χ0v) is 35.6. The molecule has 5 aliphatic carbocycles. The molecule has 2 N–H and O–H groups in total. The Labute approximate surface area is 358 Å². The van der Waals surface area contributed by atoms with Gasteiger partial charge in [0.05, 0.1) is 39.5 Å². The fraction of sp³-hybridized carbons (Fsp3) is 0.574. The lowest BCUT2D eigenvalue weighted by molar-refractivity contribution is -0.139. The minimum Gasteiger partial charge on any atom is -0.490 e. The van der Waals surface area contributed by atoms with Gasteiger partial charge in [-0.2, -0.15) is 0 Å². The molecule has 330 valence electrons. The number of ether oxygens (including phenoxy) is 8. The molecule has 2 aromatic rings. The van der Waals surface area contributed by atoms with E-state index in [1.165, 1.54) is 12.8 Å². The highest BCUT2D eigenvalue weighted by molar-refractivity contribution is 5.87. The van der Waals surface area contributed by atoms with Gasteiger partial charge in [0.15, 0.2) is 12.2 Å². The summed E-state index contributed by atoms with van der Waals surface area (Å²) >= 11 is 0. The number of hydrogen-bond donors (Lipinski definition) is 2. The molecule has 5 aliphatic rings. The number of para-hydroxylation sites is 2. The second-order valence-corrected chi connectivity index (χ2v) is 17.9. The third kappa shape index (κ3) is 9.40. The van der Waals surface area contributed by atoms with Gasteiger partial charge in [0.1, 0.15) is 37.9 Å². The van der Waals surface area contributed by atoms with Gasteiger partial charge in [-0.3, -0.25) is 0 Å². The molecule has 0 aromatic heterocycles. The van der Waals surface area contributed by atoms with Gasteiger partial charge in [0, 0.05) is 16.6 Å². The van der Waals surface area contributed by atoms with Crippen molar-refractivity contribution in [2.75, 3.05) is 65.9 Å². The molecule has 7 rings (SSSR count). The van der Waals surface area contributed by atoms with Gasteiger partial charge in [0.25, 0.3) is 0 Å². The van der Waals surface area contributed by atoms with Crippen LogP contribution in [0.5, 0.6) is 11.5 Å². The predicted molar refractivity (Wildman–Crippen MR) is 223 cm³/mol. The second kappa shape index (κ2) is 18.5. The Kier molecular flexibility index (Phi) is 13.3. The molecule has 0 aliphatic heterocycles. The van der Waals surface area contributed by atoms with E-state index in [1.54, 1.807) is 13.8 Å². The zero-order valence-electron chi connectivity index (χ0n) is 35.6. The van der Waals surface area contributed by atoms with Crippen LogP contribution in [0, 0.1) is 39.4 Å². The minimum atomic E-state index is -0.655. The van der Waals surface area contributed by atoms with E-state index < -0.39 is 36.3 Å². The molecule has 14 heteroatoms. The Morgan fingerprint density at radius 1 is 0.689 bits per heavy atom. The normalized spacial score (nSPS) is 29.1. The number of hydrogen-bond acceptors (Lipinski definition) is 12. The lowest BCUT2D eigenvalue weighted by Crippen LogP contribution is -2.39. The third-order valence-electron chi connectivity index (χ3n) is 13.6. The van der Waals surface area contributed by atoms with Crippen molar-refractivity contribution < 1.29 is 57.1 Å². The van der Waals surface area contributed by atoms with Gasteiger partial charge in [-0.15, -0.1) is 0 Å². The molecule has 0 heterocycles. The van der Waals surface area contributed by atoms with Crippen molar-refractivity contribution in [3.8, 4) is 11.5 Å². The molecular weight excluding hydrogens is 785 g/mol. The van der Waals surface area contributed by atoms with Crippen molar-refractivity contribution >= 4 is 24.1 Å². The fourth-order valence-corrected chi connectivity index (χ4v) is 10.9. The van der Waals surface area contributed by atoms with E-state index in [2.05, 4.69) is 30.7 Å². The molecule has 5 saturated carbocycles. The molecule has 9 atom stereocenters. The highest BCUT2D eigenvalue weighted by Crippen LogP contribution is 3.13. The Balaban J connectivity index is 0.867. The van der Waals surface area contributed by atoms with Gasteiger partial charge in [-0.1, -0.05) is 56.5 Å². The van der Waals surface area contributed by atoms with E-state index in [9.17, 15) is 19.2 Å². The number of amides is 2. The first kappa shape index (κ1) is 44.0. The SMILES string of the molecule is C=C(C)C(=O)OCCNC(=O)OC(COCC1(C)CCC2C(C1)C1CC13C1(COCC(COc4ccccc4)OC(=O)NCCOC(=O)C(=C)C)CC213)COc1ccccc1. The summed E-state index contributed by atoms with van der Waals surface area (Å²) in [5, 5.41) is 5.26. The quantitative estimate of drug-likeness (QED) is 0.0515. The maximum atomic E-state index is 12.7. The number of benzene rings is 2. The zero-order chi connectivity index (χ0) is 43.3. The van der Waals surface area contributed by atoms with Crippen LogP contribution in [0.4, 0.5) is 9.59 Å². The Hall–Kier alpha value is -5.08. The number of esters is 2. The maximum Gasteiger partial charge on any atom is 0.407 e. The maximum absolute atomic E-state index is 12.7. The van der Waals surface area contributed by atoms with Crippen molar-refractivity contribution in [3.05, 3.63) is 85.0 Å². The van der Waals surface area contributed by atoms with E-state index in [0.717, 1.165) is 19.3 Å². The predicted octanol–water partition coefficient (Wildman–Crippen LogP) is 6.44. The largest absolute Gasteiger partial charge is 0.490 e. The van der Waals surface area contributed by atoms with Crippen LogP contribution in [-0.2, 0) is 38.0 Å². The Bertz CT molecular complexity index is 1930. The average Bonchev–Trinajstić information content (AvgIpc) is 4.19. The van der Waals surface area contributed by atoms with Gasteiger partial charge < -0.3 is 48.5 Å². The number of fused-ring (bicyclic) bond motifs is 2. The lowest BCUT2D eigenvalue weighted by Gasteiger charge is -2.43. The topological polar surface area (TPSA) is 166 Å². The molecule has 61 heavy (non-hydrogen) atoms. The molecular formula is C47H60N2O12. The molecule has 2 spiro atoms. The number of alkyl carbamates (subject to hydrolysis) is 2. The van der Waals surface area contributed by atoms with Crippen LogP contribution in [0.3, 0.4) is 0 Å². The number of rotatable bonds is 24. The summed E-state index contributed by atoms with van der Waals surface area (Å²) in [6, 6.07) is 18.7. The average molecular weight is 845 g/mol. The summed E-state index contributed by atoms with van der Waals surface area (Å²) < 4.78 is 46.2. The number of nitrogens with one attached hydrogen (secondary N) is 2. The fourth-order valence-electron chi connectivity index (χ4n) is 10.9. The van der Waals surface area contributed by atoms with E-state index >= 15 is 0 Å². The van der Waals surface area contributed by atoms with Crippen LogP contribution < -0.4 is 20.1 Å². The standard InChI is InChI=1S/C47H60N2O12/c1-31(2)40(50)56-20-18-48-42(52)60-35(26-58-33-12-8-6-9-13-33)24-54-29-44(5)17-16-38-37(22-44)39-23-46(39)45(28-47(38,45)46)30-55-25-36(27-59-34-14-10-7-11-15-34)61-43(53)49-19-21-57-41(51)32(3)4/h6-15,35-39H,1,3,16-30H2,2,4-5H3,(H,48,52)(H,49,53). The van der Waals surface area contributed by atoms with Crippen molar-refractivity contribution in [3.63, 3.8) is 0 Å². The summed E-state index contributed by atoms with van der Waals surface area (Å²) in [4.78, 5) is 48.7. The van der Waals surface area contributed by atoms with Crippen LogP contribution in [0.15, 0.2) is 85.0 Å². The molecule has 0 radical (unpaired) electrons. The van der Waals surface area contributed by atoms with Gasteiger partial charge in [-0.05, 0) is 104 Å². The lowest BCUT2D eigenvalue weighted by atomic mass is 9.64. The van der Waals surface area contributed by atoms with Crippen molar-refractivity contribution in [2.24, 2.45) is 39.4 Å². The van der Waals surface area contributed by atoms with Gasteiger partial charge >= 0.3 is 24.1 Å². The molecule has 0 bridgehead atoms. The molecule has 2 aromatic carbocycles. The molecule has 5 fully saturated rings. The molecule has 14 nitrogen and oxygen atoms in total. The first-order valence-corrected chi connectivity index (χ1v) is 21.4. The van der Waals surface area contributed by atoms with E-state index in [4.69, 9.17) is 37.9 Å².